The van der Waals surface area contributed by atoms with Gasteiger partial charge in [-0.1, -0.05) is 0 Å². The van der Waals surface area contributed by atoms with Crippen molar-refractivity contribution < 1.29 is 14.8 Å². The maximum absolute atomic E-state index is 11.8. The van der Waals surface area contributed by atoms with Gasteiger partial charge >= 0.3 is 0 Å². The molecule has 0 unspecified atom stereocenters. The van der Waals surface area contributed by atoms with Crippen molar-refractivity contribution in [2.45, 2.75) is 0 Å². The van der Waals surface area contributed by atoms with Crippen molar-refractivity contribution in [2.24, 2.45) is 0 Å². The number of aromatic nitrogens is 2. The third kappa shape index (κ3) is 2.77. The summed E-state index contributed by atoms with van der Waals surface area (Å²) in [6.45, 7) is 0. The Labute approximate surface area is 111 Å². The highest BCUT2D eigenvalue weighted by atomic mass is 16.6. The van der Waals surface area contributed by atoms with Gasteiger partial charge in [0.05, 0.1) is 11.0 Å². The van der Waals surface area contributed by atoms with Crippen molar-refractivity contribution in [1.29, 1.82) is 0 Å². The van der Waals surface area contributed by atoms with E-state index in [4.69, 9.17) is 0 Å². The molecule has 1 amide bonds. The topological polar surface area (TPSA) is 138 Å². The average Bonchev–Trinajstić information content (AvgIpc) is 2.41. The van der Waals surface area contributed by atoms with Crippen molar-refractivity contribution in [2.75, 3.05) is 5.32 Å². The lowest BCUT2D eigenvalue weighted by molar-refractivity contribution is -0.384. The number of aromatic hydroxyl groups is 1. The van der Waals surface area contributed by atoms with E-state index in [1.165, 1.54) is 18.2 Å². The maximum Gasteiger partial charge on any atom is 0.296 e. The van der Waals surface area contributed by atoms with Gasteiger partial charge in [-0.25, -0.2) is 5.10 Å². The molecule has 0 aliphatic rings. The van der Waals surface area contributed by atoms with E-state index in [2.05, 4.69) is 15.5 Å². The van der Waals surface area contributed by atoms with Gasteiger partial charge in [0.2, 0.25) is 0 Å². The van der Waals surface area contributed by atoms with Gasteiger partial charge in [0.1, 0.15) is 17.1 Å². The highest BCUT2D eigenvalue weighted by Gasteiger charge is 2.18. The second-order valence-corrected chi connectivity index (χ2v) is 3.72. The number of rotatable bonds is 3. The molecule has 3 N–H and O–H groups in total. The van der Waals surface area contributed by atoms with E-state index < -0.39 is 22.1 Å². The predicted molar refractivity (Wildman–Crippen MR) is 67.6 cm³/mol. The fraction of sp³-hybridized carbons (Fsp3) is 0. The monoisotopic (exact) mass is 276 g/mol. The number of amides is 1. The van der Waals surface area contributed by atoms with Crippen LogP contribution < -0.4 is 10.9 Å². The molecule has 0 saturated carbocycles. The summed E-state index contributed by atoms with van der Waals surface area (Å²) in [6.07, 6.45) is 0. The number of carbonyl (C=O) groups excluding carboxylic acids is 1. The molecular weight excluding hydrogens is 268 g/mol. The lowest BCUT2D eigenvalue weighted by Gasteiger charge is -2.05. The number of H-pyrrole nitrogens is 1. The molecule has 20 heavy (non-hydrogen) atoms. The average molecular weight is 276 g/mol. The molecule has 9 nitrogen and oxygen atoms in total. The van der Waals surface area contributed by atoms with Crippen molar-refractivity contribution >= 4 is 17.3 Å². The first-order valence-electron chi connectivity index (χ1n) is 5.32. The number of carbonyl (C=O) groups is 1. The van der Waals surface area contributed by atoms with Crippen LogP contribution in [-0.2, 0) is 0 Å². The summed E-state index contributed by atoms with van der Waals surface area (Å²) in [4.78, 5) is 32.7. The fourth-order valence-corrected chi connectivity index (χ4v) is 1.43. The van der Waals surface area contributed by atoms with Crippen molar-refractivity contribution in [1.82, 2.24) is 10.2 Å². The second-order valence-electron chi connectivity index (χ2n) is 3.72. The fourth-order valence-electron chi connectivity index (χ4n) is 1.43. The van der Waals surface area contributed by atoms with E-state index in [0.717, 1.165) is 12.1 Å². The SMILES string of the molecule is O=C(Nc1ccc(O)cc1[N+](=O)[O-])c1ccc(=O)[nH]n1. The van der Waals surface area contributed by atoms with Crippen LogP contribution in [0.4, 0.5) is 11.4 Å². The highest BCUT2D eigenvalue weighted by molar-refractivity contribution is 6.04. The second kappa shape index (κ2) is 5.18. The number of aromatic amines is 1. The molecule has 2 rings (SSSR count). The Morgan fingerprint density at radius 1 is 1.35 bits per heavy atom. The molecule has 0 atom stereocenters. The van der Waals surface area contributed by atoms with Gasteiger partial charge in [-0.15, -0.1) is 0 Å². The van der Waals surface area contributed by atoms with Crippen LogP contribution in [0.25, 0.3) is 0 Å². The van der Waals surface area contributed by atoms with Crippen molar-refractivity contribution in [3.8, 4) is 5.75 Å². The molecule has 9 heteroatoms. The van der Waals surface area contributed by atoms with Crippen molar-refractivity contribution in [3.63, 3.8) is 0 Å². The summed E-state index contributed by atoms with van der Waals surface area (Å²) in [7, 11) is 0. The Morgan fingerprint density at radius 3 is 2.70 bits per heavy atom. The smallest absolute Gasteiger partial charge is 0.296 e. The largest absolute Gasteiger partial charge is 0.508 e. The standard InChI is InChI=1S/C11H8N4O5/c16-6-1-2-7(9(5-6)15(19)20)12-11(18)8-3-4-10(17)14-13-8/h1-5,16H,(H,12,18)(H,14,17). The summed E-state index contributed by atoms with van der Waals surface area (Å²) < 4.78 is 0. The Hall–Kier alpha value is -3.23. The van der Waals surface area contributed by atoms with E-state index >= 15 is 0 Å². The van der Waals surface area contributed by atoms with Crippen molar-refractivity contribution in [3.05, 3.63) is 56.5 Å². The van der Waals surface area contributed by atoms with Crippen LogP contribution in [0.1, 0.15) is 10.5 Å². The summed E-state index contributed by atoms with van der Waals surface area (Å²) in [5.74, 6) is -1.02. The summed E-state index contributed by atoms with van der Waals surface area (Å²) in [6, 6.07) is 5.59. The van der Waals surface area contributed by atoms with E-state index in [-0.39, 0.29) is 17.1 Å². The Kier molecular flexibility index (Phi) is 3.42. The zero-order chi connectivity index (χ0) is 14.7. The Bertz CT molecular complexity index is 719. The molecule has 0 aliphatic carbocycles. The van der Waals surface area contributed by atoms with Gasteiger partial charge in [-0.2, -0.15) is 5.10 Å². The Balaban J connectivity index is 2.30. The molecule has 0 saturated heterocycles. The molecule has 0 bridgehead atoms. The number of nitro groups is 1. The number of nitrogens with one attached hydrogen (secondary N) is 2. The number of anilines is 1. The molecule has 1 aromatic carbocycles. The van der Waals surface area contributed by atoms with Gasteiger partial charge in [0.15, 0.2) is 0 Å². The first-order chi connectivity index (χ1) is 9.47. The summed E-state index contributed by atoms with van der Waals surface area (Å²) >= 11 is 0. The maximum atomic E-state index is 11.8. The highest BCUT2D eigenvalue weighted by Crippen LogP contribution is 2.28. The van der Waals surface area contributed by atoms with Gasteiger partial charge < -0.3 is 10.4 Å². The zero-order valence-electron chi connectivity index (χ0n) is 9.86. The van der Waals surface area contributed by atoms with Gasteiger partial charge in [0.25, 0.3) is 17.2 Å². The molecular formula is C11H8N4O5. The van der Waals surface area contributed by atoms with Crippen LogP contribution in [0.15, 0.2) is 35.1 Å². The summed E-state index contributed by atoms with van der Waals surface area (Å²) in [5.41, 5.74) is -1.13. The number of hydrogen-bond donors (Lipinski definition) is 3. The minimum Gasteiger partial charge on any atom is -0.508 e. The molecule has 1 heterocycles. The number of nitro benzene ring substituents is 1. The minimum absolute atomic E-state index is 0.0919. The number of nitrogens with zero attached hydrogens (tertiary/aromatic N) is 2. The quantitative estimate of drug-likeness (QED) is 0.427. The van der Waals surface area contributed by atoms with Gasteiger partial charge in [-0.3, -0.25) is 19.7 Å². The van der Waals surface area contributed by atoms with Gasteiger partial charge in [-0.05, 0) is 18.2 Å². The number of hydrogen-bond acceptors (Lipinski definition) is 6. The van der Waals surface area contributed by atoms with Crippen LogP contribution >= 0.6 is 0 Å². The minimum atomic E-state index is -0.740. The molecule has 0 fully saturated rings. The molecule has 0 aliphatic heterocycles. The zero-order valence-corrected chi connectivity index (χ0v) is 9.86. The predicted octanol–water partition coefficient (Wildman–Crippen LogP) is 0.636. The van der Waals surface area contributed by atoms with E-state index in [0.29, 0.717) is 0 Å². The first kappa shape index (κ1) is 13.2. The number of phenols is 1. The third-order valence-corrected chi connectivity index (χ3v) is 2.34. The summed E-state index contributed by atoms with van der Waals surface area (Å²) in [5, 5.41) is 27.9. The van der Waals surface area contributed by atoms with Gasteiger partial charge in [0, 0.05) is 6.07 Å². The van der Waals surface area contributed by atoms with Crippen LogP contribution in [0.2, 0.25) is 0 Å². The molecule has 0 radical (unpaired) electrons. The lowest BCUT2D eigenvalue weighted by atomic mass is 10.2. The third-order valence-electron chi connectivity index (χ3n) is 2.34. The van der Waals surface area contributed by atoms with E-state index in [1.54, 1.807) is 0 Å². The van der Waals surface area contributed by atoms with Crippen LogP contribution in [0.3, 0.4) is 0 Å². The number of benzene rings is 1. The van der Waals surface area contributed by atoms with Crippen LogP contribution in [0.5, 0.6) is 5.75 Å². The lowest BCUT2D eigenvalue weighted by Crippen LogP contribution is -2.18. The molecule has 1 aromatic heterocycles. The number of phenolic OH excluding ortho intramolecular Hbond substituents is 1. The molecule has 2 aromatic rings. The Morgan fingerprint density at radius 2 is 2.10 bits per heavy atom. The van der Waals surface area contributed by atoms with E-state index in [1.807, 2.05) is 0 Å². The molecule has 0 spiro atoms. The first-order valence-corrected chi connectivity index (χ1v) is 5.32. The van der Waals surface area contributed by atoms with Crippen LogP contribution in [-0.4, -0.2) is 26.1 Å². The molecule has 102 valence electrons. The van der Waals surface area contributed by atoms with E-state index in [9.17, 15) is 24.8 Å². The normalized spacial score (nSPS) is 10.0. The van der Waals surface area contributed by atoms with Crippen LogP contribution in [0, 0.1) is 10.1 Å².